The zero-order valence-corrected chi connectivity index (χ0v) is 21.3. The Labute approximate surface area is 220 Å². The monoisotopic (exact) mass is 551 g/mol. The van der Waals surface area contributed by atoms with E-state index in [0.717, 1.165) is 4.70 Å². The van der Waals surface area contributed by atoms with Gasteiger partial charge in [-0.2, -0.15) is 13.1 Å². The highest BCUT2D eigenvalue weighted by Gasteiger charge is 2.24. The van der Waals surface area contributed by atoms with Gasteiger partial charge in [-0.1, -0.05) is 41.9 Å². The zero-order valence-electron chi connectivity index (χ0n) is 18.9. The summed E-state index contributed by atoms with van der Waals surface area (Å²) in [5.41, 5.74) is 6.46. The molecule has 2 heterocycles. The molecule has 0 spiro atoms. The highest BCUT2D eigenvalue weighted by molar-refractivity contribution is 7.92. The van der Waals surface area contributed by atoms with Gasteiger partial charge < -0.3 is 11.1 Å². The average Bonchev–Trinajstić information content (AvgIpc) is 3.31. The molecule has 5 rings (SSSR count). The smallest absolute Gasteiger partial charge is 0.281 e. The van der Waals surface area contributed by atoms with E-state index < -0.39 is 21.5 Å². The van der Waals surface area contributed by atoms with Gasteiger partial charge >= 0.3 is 0 Å². The number of sulfonamides is 1. The summed E-state index contributed by atoms with van der Waals surface area (Å²) in [6.07, 6.45) is 0. The number of halogens is 1. The van der Waals surface area contributed by atoms with Crippen LogP contribution in [0.4, 0.5) is 11.5 Å². The summed E-state index contributed by atoms with van der Waals surface area (Å²) in [5, 5.41) is 3.35. The fourth-order valence-electron chi connectivity index (χ4n) is 3.55. The molecule has 186 valence electrons. The molecule has 0 saturated heterocycles. The summed E-state index contributed by atoms with van der Waals surface area (Å²) in [6, 6.07) is 22.6. The largest absolute Gasteiger partial charge is 0.383 e. The van der Waals surface area contributed by atoms with Crippen molar-refractivity contribution in [2.45, 2.75) is 4.90 Å². The summed E-state index contributed by atoms with van der Waals surface area (Å²) in [5.74, 6) is -1.02. The topological polar surface area (TPSA) is 136 Å². The number of pyridine rings is 1. The molecule has 12 heteroatoms. The molecule has 0 aliphatic heterocycles. The minimum absolute atomic E-state index is 0.00687. The maximum atomic E-state index is 13.5. The van der Waals surface area contributed by atoms with Crippen LogP contribution in [0.2, 0.25) is 5.02 Å². The highest BCUT2D eigenvalue weighted by Crippen LogP contribution is 2.30. The minimum Gasteiger partial charge on any atom is -0.383 e. The van der Waals surface area contributed by atoms with Gasteiger partial charge in [0.2, 0.25) is 0 Å². The maximum absolute atomic E-state index is 13.5. The van der Waals surface area contributed by atoms with Crippen LogP contribution in [0.1, 0.15) is 10.4 Å². The number of nitrogens with zero attached hydrogens (tertiary/aromatic N) is 2. The van der Waals surface area contributed by atoms with E-state index in [1.54, 1.807) is 36.4 Å². The van der Waals surface area contributed by atoms with Crippen LogP contribution < -0.4 is 21.4 Å². The summed E-state index contributed by atoms with van der Waals surface area (Å²) in [4.78, 5) is 33.3. The molecule has 3 aromatic carbocycles. The number of aromatic nitrogens is 2. The number of carbonyl (C=O) groups excluding carboxylic acids is 1. The Morgan fingerprint density at radius 3 is 2.35 bits per heavy atom. The Balaban J connectivity index is 1.66. The van der Waals surface area contributed by atoms with E-state index >= 15 is 0 Å². The van der Waals surface area contributed by atoms with Gasteiger partial charge in [0.25, 0.3) is 21.5 Å². The molecule has 4 N–H and O–H groups in total. The Hall–Kier alpha value is -4.19. The van der Waals surface area contributed by atoms with E-state index in [-0.39, 0.29) is 21.8 Å². The molecule has 0 atom stereocenters. The van der Waals surface area contributed by atoms with Crippen LogP contribution in [0, 0.1) is 0 Å². The number of nitrogen functional groups attached to an aromatic ring is 1. The standard InChI is InChI=1S/C25H18ClN5O4S2/c26-15-10-12-17(13-11-15)37(34,35)30-31-22(27)18(23(32)28-16-6-2-1-3-7-16)14-19(25(31)33)24-29-20-8-4-5-9-21(20)36-24/h1-14,30H,27H2,(H,28,32). The summed E-state index contributed by atoms with van der Waals surface area (Å²) < 4.78 is 27.7. The Morgan fingerprint density at radius 2 is 1.65 bits per heavy atom. The second kappa shape index (κ2) is 9.69. The predicted octanol–water partition coefficient (Wildman–Crippen LogP) is 4.55. The zero-order chi connectivity index (χ0) is 26.2. The second-order valence-corrected chi connectivity index (χ2v) is 11.0. The number of hydrogen-bond donors (Lipinski definition) is 3. The number of nitrogens with two attached hydrogens (primary N) is 1. The van der Waals surface area contributed by atoms with Gasteiger partial charge in [0.05, 0.1) is 26.2 Å². The lowest BCUT2D eigenvalue weighted by Gasteiger charge is -2.17. The van der Waals surface area contributed by atoms with Crippen molar-refractivity contribution in [2.24, 2.45) is 0 Å². The molecule has 0 bridgehead atoms. The van der Waals surface area contributed by atoms with Crippen molar-refractivity contribution in [3.05, 3.63) is 106 Å². The second-order valence-electron chi connectivity index (χ2n) is 7.85. The van der Waals surface area contributed by atoms with Crippen LogP contribution >= 0.6 is 22.9 Å². The van der Waals surface area contributed by atoms with E-state index in [0.29, 0.717) is 25.9 Å². The van der Waals surface area contributed by atoms with E-state index in [9.17, 15) is 18.0 Å². The molecule has 0 aliphatic carbocycles. The van der Waals surface area contributed by atoms with Crippen molar-refractivity contribution in [3.8, 4) is 10.6 Å². The van der Waals surface area contributed by atoms with Crippen LogP contribution in [0.25, 0.3) is 20.8 Å². The highest BCUT2D eigenvalue weighted by atomic mass is 35.5. The lowest BCUT2D eigenvalue weighted by atomic mass is 10.1. The van der Waals surface area contributed by atoms with Crippen molar-refractivity contribution in [1.82, 2.24) is 9.66 Å². The van der Waals surface area contributed by atoms with Gasteiger partial charge in [0.15, 0.2) is 0 Å². The summed E-state index contributed by atoms with van der Waals surface area (Å²) in [6.45, 7) is 0. The first-order valence-corrected chi connectivity index (χ1v) is 13.5. The fourth-order valence-corrected chi connectivity index (χ4v) is 5.67. The van der Waals surface area contributed by atoms with Crippen molar-refractivity contribution < 1.29 is 13.2 Å². The van der Waals surface area contributed by atoms with E-state index in [1.807, 2.05) is 18.2 Å². The van der Waals surface area contributed by atoms with Crippen molar-refractivity contribution >= 4 is 60.6 Å². The predicted molar refractivity (Wildman–Crippen MR) is 146 cm³/mol. The van der Waals surface area contributed by atoms with Gasteiger partial charge in [-0.3, -0.25) is 9.59 Å². The summed E-state index contributed by atoms with van der Waals surface area (Å²) >= 11 is 7.11. The molecule has 9 nitrogen and oxygen atoms in total. The lowest BCUT2D eigenvalue weighted by molar-refractivity contribution is 0.102. The third-order valence-electron chi connectivity index (χ3n) is 5.38. The molecular weight excluding hydrogens is 534 g/mol. The van der Waals surface area contributed by atoms with E-state index in [1.165, 1.54) is 41.7 Å². The first-order chi connectivity index (χ1) is 17.7. The van der Waals surface area contributed by atoms with Gasteiger partial charge in [0, 0.05) is 10.7 Å². The number of fused-ring (bicyclic) bond motifs is 1. The molecule has 0 fully saturated rings. The van der Waals surface area contributed by atoms with Crippen LogP contribution in [0.15, 0.2) is 94.6 Å². The number of thiazole rings is 1. The molecule has 0 unspecified atom stereocenters. The fraction of sp³-hybridized carbons (Fsp3) is 0. The lowest BCUT2D eigenvalue weighted by Crippen LogP contribution is -2.37. The van der Waals surface area contributed by atoms with Gasteiger partial charge in [-0.05, 0) is 54.6 Å². The molecule has 37 heavy (non-hydrogen) atoms. The quantitative estimate of drug-likeness (QED) is 0.283. The SMILES string of the molecule is Nc1c(C(=O)Nc2ccccc2)cc(-c2nc3ccccc3s2)c(=O)n1NS(=O)(=O)c1ccc(Cl)cc1. The molecule has 0 aliphatic rings. The van der Waals surface area contributed by atoms with Crippen LogP contribution in [-0.2, 0) is 10.0 Å². The number of para-hydroxylation sites is 2. The molecule has 0 saturated carbocycles. The normalized spacial score (nSPS) is 11.4. The number of nitrogens with one attached hydrogen (secondary N) is 2. The Kier molecular flexibility index (Phi) is 6.42. The Morgan fingerprint density at radius 1 is 0.973 bits per heavy atom. The molecule has 0 radical (unpaired) electrons. The molecular formula is C25H18ClN5O4S2. The molecule has 5 aromatic rings. The number of carbonyl (C=O) groups is 1. The van der Waals surface area contributed by atoms with Gasteiger partial charge in [-0.15, -0.1) is 11.3 Å². The van der Waals surface area contributed by atoms with Crippen molar-refractivity contribution in [3.63, 3.8) is 0 Å². The van der Waals surface area contributed by atoms with Gasteiger partial charge in [0.1, 0.15) is 10.8 Å². The van der Waals surface area contributed by atoms with E-state index in [4.69, 9.17) is 17.3 Å². The van der Waals surface area contributed by atoms with Crippen molar-refractivity contribution in [1.29, 1.82) is 0 Å². The number of amides is 1. The average molecular weight is 552 g/mol. The maximum Gasteiger partial charge on any atom is 0.281 e. The number of hydrogen-bond acceptors (Lipinski definition) is 7. The van der Waals surface area contributed by atoms with Crippen LogP contribution in [0.3, 0.4) is 0 Å². The third-order valence-corrected chi connectivity index (χ3v) is 8.01. The van der Waals surface area contributed by atoms with Crippen LogP contribution in [0.5, 0.6) is 0 Å². The number of rotatable bonds is 6. The minimum atomic E-state index is -4.27. The molecule has 1 amide bonds. The first kappa shape index (κ1) is 24.5. The Bertz CT molecular complexity index is 1770. The summed E-state index contributed by atoms with van der Waals surface area (Å²) in [7, 11) is -4.27. The first-order valence-electron chi connectivity index (χ1n) is 10.8. The number of benzene rings is 3. The van der Waals surface area contributed by atoms with Crippen LogP contribution in [-0.4, -0.2) is 24.0 Å². The van der Waals surface area contributed by atoms with Gasteiger partial charge in [-0.25, -0.2) is 9.82 Å². The molecule has 2 aromatic heterocycles. The van der Waals surface area contributed by atoms with Crippen molar-refractivity contribution in [2.75, 3.05) is 15.9 Å². The van der Waals surface area contributed by atoms with E-state index in [2.05, 4.69) is 15.1 Å². The number of anilines is 2. The third kappa shape index (κ3) is 4.92.